The van der Waals surface area contributed by atoms with Gasteiger partial charge in [0.1, 0.15) is 6.10 Å². The van der Waals surface area contributed by atoms with Crippen molar-refractivity contribution in [2.75, 3.05) is 32.8 Å². The van der Waals surface area contributed by atoms with Crippen molar-refractivity contribution in [3.63, 3.8) is 0 Å². The molecule has 0 radical (unpaired) electrons. The van der Waals surface area contributed by atoms with Crippen molar-refractivity contribution in [1.82, 2.24) is 4.90 Å². The summed E-state index contributed by atoms with van der Waals surface area (Å²) in [5, 5.41) is 0. The molecule has 1 amide bonds. The molecule has 3 atom stereocenters. The number of nitrogens with zero attached hydrogens (tertiary/aromatic N) is 1. The van der Waals surface area contributed by atoms with Gasteiger partial charge in [0, 0.05) is 13.1 Å². The van der Waals surface area contributed by atoms with Crippen LogP contribution in [-0.4, -0.2) is 55.9 Å². The highest BCUT2D eigenvalue weighted by Gasteiger charge is 2.31. The fourth-order valence-corrected chi connectivity index (χ4v) is 2.81. The van der Waals surface area contributed by atoms with Gasteiger partial charge in [0.15, 0.2) is 0 Å². The Bertz CT molecular complexity index is 279. The number of morpholine rings is 1. The summed E-state index contributed by atoms with van der Waals surface area (Å²) < 4.78 is 11.2. The zero-order chi connectivity index (χ0) is 13.0. The van der Waals surface area contributed by atoms with Crippen LogP contribution < -0.4 is 5.73 Å². The van der Waals surface area contributed by atoms with E-state index in [2.05, 4.69) is 0 Å². The van der Waals surface area contributed by atoms with Crippen molar-refractivity contribution in [3.05, 3.63) is 0 Å². The van der Waals surface area contributed by atoms with E-state index in [4.69, 9.17) is 15.2 Å². The second-order valence-electron chi connectivity index (χ2n) is 5.18. The number of carbonyl (C=O) groups excluding carboxylic acids is 1. The summed E-state index contributed by atoms with van der Waals surface area (Å²) in [6.07, 6.45) is 3.11. The van der Waals surface area contributed by atoms with Crippen molar-refractivity contribution in [2.24, 2.45) is 11.7 Å². The van der Waals surface area contributed by atoms with Crippen LogP contribution in [0.3, 0.4) is 0 Å². The highest BCUT2D eigenvalue weighted by Crippen LogP contribution is 2.28. The minimum atomic E-state index is -0.361. The van der Waals surface area contributed by atoms with Crippen molar-refractivity contribution >= 4 is 5.91 Å². The van der Waals surface area contributed by atoms with Crippen LogP contribution in [0, 0.1) is 5.92 Å². The Balaban J connectivity index is 1.82. The van der Waals surface area contributed by atoms with Gasteiger partial charge in [0.25, 0.3) is 5.91 Å². The Labute approximate surface area is 109 Å². The van der Waals surface area contributed by atoms with E-state index in [1.54, 1.807) is 0 Å². The number of hydrogen-bond donors (Lipinski definition) is 1. The molecule has 104 valence electrons. The molecule has 0 spiro atoms. The monoisotopic (exact) mass is 256 g/mol. The van der Waals surface area contributed by atoms with E-state index in [-0.39, 0.29) is 18.1 Å². The summed E-state index contributed by atoms with van der Waals surface area (Å²) in [4.78, 5) is 14.0. The molecule has 1 heterocycles. The first-order valence-electron chi connectivity index (χ1n) is 6.94. The van der Waals surface area contributed by atoms with Gasteiger partial charge >= 0.3 is 0 Å². The first kappa shape index (κ1) is 13.8. The van der Waals surface area contributed by atoms with Crippen molar-refractivity contribution in [3.8, 4) is 0 Å². The molecule has 2 rings (SSSR count). The maximum Gasteiger partial charge on any atom is 0.251 e. The summed E-state index contributed by atoms with van der Waals surface area (Å²) in [6.45, 7) is 5.13. The van der Waals surface area contributed by atoms with Crippen molar-refractivity contribution < 1.29 is 14.3 Å². The molecule has 1 saturated heterocycles. The van der Waals surface area contributed by atoms with E-state index in [1.165, 1.54) is 0 Å². The topological polar surface area (TPSA) is 64.8 Å². The Hall–Kier alpha value is -0.650. The van der Waals surface area contributed by atoms with Gasteiger partial charge in [-0.2, -0.15) is 0 Å². The van der Waals surface area contributed by atoms with Crippen LogP contribution in [0.4, 0.5) is 0 Å². The van der Waals surface area contributed by atoms with Crippen LogP contribution in [0.25, 0.3) is 0 Å². The van der Waals surface area contributed by atoms with Crippen molar-refractivity contribution in [1.29, 1.82) is 0 Å². The zero-order valence-electron chi connectivity index (χ0n) is 11.1. The normalized spacial score (nSPS) is 30.4. The first-order valence-corrected chi connectivity index (χ1v) is 6.94. The lowest BCUT2D eigenvalue weighted by Crippen LogP contribution is -2.46. The lowest BCUT2D eigenvalue weighted by molar-refractivity contribution is -0.151. The molecule has 1 aliphatic carbocycles. The number of amides is 1. The van der Waals surface area contributed by atoms with E-state index >= 15 is 0 Å². The highest BCUT2D eigenvalue weighted by molar-refractivity contribution is 5.80. The summed E-state index contributed by atoms with van der Waals surface area (Å²) in [5.74, 6) is 0.505. The Morgan fingerprint density at radius 1 is 1.44 bits per heavy atom. The number of hydrogen-bond acceptors (Lipinski definition) is 4. The minimum Gasteiger partial charge on any atom is -0.378 e. The third-order valence-corrected chi connectivity index (χ3v) is 3.94. The van der Waals surface area contributed by atoms with Crippen molar-refractivity contribution in [2.45, 2.75) is 38.4 Å². The van der Waals surface area contributed by atoms with Gasteiger partial charge in [-0.1, -0.05) is 6.42 Å². The standard InChI is InChI=1S/C13H24N2O3/c1-10(13(16)15-5-7-17-8-6-15)18-12-4-2-3-11(12)9-14/h10-12H,2-9,14H2,1H3. The predicted octanol–water partition coefficient (Wildman–Crippen LogP) is 0.378. The van der Waals surface area contributed by atoms with E-state index in [9.17, 15) is 4.79 Å². The van der Waals surface area contributed by atoms with Gasteiger partial charge in [-0.3, -0.25) is 4.79 Å². The summed E-state index contributed by atoms with van der Waals surface area (Å²) in [7, 11) is 0. The molecule has 0 aromatic heterocycles. The molecule has 0 aromatic rings. The van der Waals surface area contributed by atoms with Gasteiger partial charge in [-0.15, -0.1) is 0 Å². The van der Waals surface area contributed by atoms with Gasteiger partial charge < -0.3 is 20.1 Å². The fraction of sp³-hybridized carbons (Fsp3) is 0.923. The first-order chi connectivity index (χ1) is 8.72. The molecule has 5 nitrogen and oxygen atoms in total. The van der Waals surface area contributed by atoms with E-state index in [1.807, 2.05) is 11.8 Å². The number of nitrogens with two attached hydrogens (primary N) is 1. The number of carbonyl (C=O) groups is 1. The molecule has 18 heavy (non-hydrogen) atoms. The number of ether oxygens (including phenoxy) is 2. The van der Waals surface area contributed by atoms with Gasteiger partial charge in [-0.05, 0) is 32.2 Å². The molecule has 2 aliphatic rings. The predicted molar refractivity (Wildman–Crippen MR) is 68.1 cm³/mol. The van der Waals surface area contributed by atoms with Crippen LogP contribution in [0.15, 0.2) is 0 Å². The van der Waals surface area contributed by atoms with Gasteiger partial charge in [0.05, 0.1) is 19.3 Å². The van der Waals surface area contributed by atoms with Gasteiger partial charge in [-0.25, -0.2) is 0 Å². The molecule has 0 bridgehead atoms. The van der Waals surface area contributed by atoms with Crippen LogP contribution in [0.2, 0.25) is 0 Å². The molecule has 1 aliphatic heterocycles. The second-order valence-corrected chi connectivity index (χ2v) is 5.18. The Morgan fingerprint density at radius 2 is 2.17 bits per heavy atom. The molecule has 5 heteroatoms. The minimum absolute atomic E-state index is 0.0842. The third-order valence-electron chi connectivity index (χ3n) is 3.94. The molecule has 2 fully saturated rings. The molecule has 1 saturated carbocycles. The maximum atomic E-state index is 12.2. The SMILES string of the molecule is CC(OC1CCCC1CN)C(=O)N1CCOCC1. The average molecular weight is 256 g/mol. The van der Waals surface area contributed by atoms with Crippen LogP contribution in [0.5, 0.6) is 0 Å². The molecule has 3 unspecified atom stereocenters. The quantitative estimate of drug-likeness (QED) is 0.789. The zero-order valence-corrected chi connectivity index (χ0v) is 11.1. The summed E-state index contributed by atoms with van der Waals surface area (Å²) in [6, 6.07) is 0. The highest BCUT2D eigenvalue weighted by atomic mass is 16.5. The lowest BCUT2D eigenvalue weighted by atomic mass is 10.1. The number of rotatable bonds is 4. The molecular formula is C13H24N2O3. The van der Waals surface area contributed by atoms with E-state index in [0.29, 0.717) is 38.8 Å². The van der Waals surface area contributed by atoms with Gasteiger partial charge in [0.2, 0.25) is 0 Å². The molecule has 0 aromatic carbocycles. The van der Waals surface area contributed by atoms with E-state index in [0.717, 1.165) is 19.3 Å². The fourth-order valence-electron chi connectivity index (χ4n) is 2.81. The van der Waals surface area contributed by atoms with Crippen LogP contribution >= 0.6 is 0 Å². The smallest absolute Gasteiger partial charge is 0.251 e. The van der Waals surface area contributed by atoms with Crippen LogP contribution in [-0.2, 0) is 14.3 Å². The molecular weight excluding hydrogens is 232 g/mol. The lowest BCUT2D eigenvalue weighted by Gasteiger charge is -2.31. The Kier molecular flexibility index (Phi) is 4.97. The second kappa shape index (κ2) is 6.50. The maximum absolute atomic E-state index is 12.2. The Morgan fingerprint density at radius 3 is 2.83 bits per heavy atom. The summed E-state index contributed by atoms with van der Waals surface area (Å²) in [5.41, 5.74) is 5.73. The van der Waals surface area contributed by atoms with Crippen LogP contribution in [0.1, 0.15) is 26.2 Å². The van der Waals surface area contributed by atoms with E-state index < -0.39 is 0 Å². The average Bonchev–Trinajstić information content (AvgIpc) is 2.86. The largest absolute Gasteiger partial charge is 0.378 e. The summed E-state index contributed by atoms with van der Waals surface area (Å²) >= 11 is 0. The third kappa shape index (κ3) is 3.22. The molecule has 2 N–H and O–H groups in total.